The van der Waals surface area contributed by atoms with Gasteiger partial charge in [0.25, 0.3) is 0 Å². The van der Waals surface area contributed by atoms with Gasteiger partial charge in [0.05, 0.1) is 13.2 Å². The van der Waals surface area contributed by atoms with Crippen LogP contribution in [0.3, 0.4) is 0 Å². The molecule has 0 unspecified atom stereocenters. The molecule has 0 aliphatic heterocycles. The Labute approximate surface area is 108 Å². The molecule has 1 rings (SSSR count). The highest BCUT2D eigenvalue weighted by atomic mass is 35.5. The van der Waals surface area contributed by atoms with Crippen molar-refractivity contribution in [3.63, 3.8) is 0 Å². The molecule has 1 aromatic carbocycles. The normalized spacial score (nSPS) is 10.7. The second kappa shape index (κ2) is 6.72. The minimum Gasteiger partial charge on any atom is -0.493 e. The van der Waals surface area contributed by atoms with Crippen molar-refractivity contribution in [1.29, 1.82) is 0 Å². The summed E-state index contributed by atoms with van der Waals surface area (Å²) < 4.78 is 10.9. The number of methoxy groups -OCH3 is 1. The number of hydrogen-bond donors (Lipinski definition) is 1. The van der Waals surface area contributed by atoms with Crippen molar-refractivity contribution >= 4 is 11.6 Å². The molecular weight excluding hydrogens is 238 g/mol. The molecule has 0 aliphatic rings. The molecule has 17 heavy (non-hydrogen) atoms. The van der Waals surface area contributed by atoms with Gasteiger partial charge >= 0.3 is 0 Å². The van der Waals surface area contributed by atoms with Gasteiger partial charge in [-0.2, -0.15) is 0 Å². The fourth-order valence-corrected chi connectivity index (χ4v) is 1.82. The van der Waals surface area contributed by atoms with Crippen LogP contribution >= 0.6 is 11.6 Å². The average molecular weight is 258 g/mol. The van der Waals surface area contributed by atoms with Crippen LogP contribution in [0.4, 0.5) is 0 Å². The van der Waals surface area contributed by atoms with Crippen LogP contribution in [-0.2, 0) is 6.42 Å². The van der Waals surface area contributed by atoms with Gasteiger partial charge in [-0.3, -0.25) is 0 Å². The summed E-state index contributed by atoms with van der Waals surface area (Å²) in [5.41, 5.74) is 6.54. The fraction of sp³-hybridized carbons (Fsp3) is 0.538. The Bertz CT molecular complexity index is 367. The molecule has 4 heteroatoms. The summed E-state index contributed by atoms with van der Waals surface area (Å²) in [6, 6.07) is 3.74. The van der Waals surface area contributed by atoms with Crippen LogP contribution in [0.5, 0.6) is 11.5 Å². The van der Waals surface area contributed by atoms with E-state index in [1.165, 1.54) is 0 Å². The van der Waals surface area contributed by atoms with Crippen LogP contribution in [0.15, 0.2) is 12.1 Å². The maximum atomic E-state index is 6.20. The highest BCUT2D eigenvalue weighted by molar-refractivity contribution is 6.31. The first-order valence-corrected chi connectivity index (χ1v) is 6.19. The van der Waals surface area contributed by atoms with Gasteiger partial charge in [-0.05, 0) is 44.9 Å². The zero-order chi connectivity index (χ0) is 12.8. The van der Waals surface area contributed by atoms with Crippen molar-refractivity contribution in [2.75, 3.05) is 13.7 Å². The standard InChI is InChI=1S/C13H20ClNO2/c1-9(2)17-13-8-11(14)10(5-4-6-15)7-12(13)16-3/h7-9H,4-6,15H2,1-3H3. The maximum absolute atomic E-state index is 6.20. The van der Waals surface area contributed by atoms with E-state index in [4.69, 9.17) is 26.8 Å². The molecule has 0 spiro atoms. The number of ether oxygens (including phenoxy) is 2. The van der Waals surface area contributed by atoms with E-state index in [0.29, 0.717) is 17.3 Å². The molecule has 0 fully saturated rings. The van der Waals surface area contributed by atoms with Crippen LogP contribution in [0.2, 0.25) is 5.02 Å². The Morgan fingerprint density at radius 3 is 2.53 bits per heavy atom. The number of rotatable bonds is 6. The summed E-state index contributed by atoms with van der Waals surface area (Å²) in [5, 5.41) is 0.704. The molecule has 0 radical (unpaired) electrons. The summed E-state index contributed by atoms with van der Waals surface area (Å²) in [7, 11) is 1.63. The lowest BCUT2D eigenvalue weighted by molar-refractivity contribution is 0.230. The fourth-order valence-electron chi connectivity index (χ4n) is 1.57. The van der Waals surface area contributed by atoms with Gasteiger partial charge in [0.1, 0.15) is 0 Å². The maximum Gasteiger partial charge on any atom is 0.163 e. The smallest absolute Gasteiger partial charge is 0.163 e. The van der Waals surface area contributed by atoms with Gasteiger partial charge in [0, 0.05) is 11.1 Å². The van der Waals surface area contributed by atoms with Crippen molar-refractivity contribution < 1.29 is 9.47 Å². The molecule has 0 saturated carbocycles. The third-order valence-electron chi connectivity index (χ3n) is 2.35. The molecule has 0 saturated heterocycles. The molecule has 96 valence electrons. The first kappa shape index (κ1) is 14.1. The van der Waals surface area contributed by atoms with E-state index in [9.17, 15) is 0 Å². The number of aryl methyl sites for hydroxylation is 1. The number of hydrogen-bond acceptors (Lipinski definition) is 3. The molecule has 0 amide bonds. The Morgan fingerprint density at radius 1 is 1.29 bits per heavy atom. The van der Waals surface area contributed by atoms with Crippen LogP contribution in [-0.4, -0.2) is 19.8 Å². The highest BCUT2D eigenvalue weighted by Gasteiger charge is 2.11. The topological polar surface area (TPSA) is 44.5 Å². The quantitative estimate of drug-likeness (QED) is 0.852. The molecule has 0 aromatic heterocycles. The van der Waals surface area contributed by atoms with Crippen molar-refractivity contribution in [1.82, 2.24) is 0 Å². The van der Waals surface area contributed by atoms with Gasteiger partial charge in [0.2, 0.25) is 0 Å². The lowest BCUT2D eigenvalue weighted by Gasteiger charge is -2.15. The Kier molecular flexibility index (Phi) is 5.59. The van der Waals surface area contributed by atoms with Gasteiger partial charge in [0.15, 0.2) is 11.5 Å². The number of nitrogens with two attached hydrogens (primary N) is 1. The first-order chi connectivity index (χ1) is 8.08. The summed E-state index contributed by atoms with van der Waals surface area (Å²) >= 11 is 6.20. The molecular formula is C13H20ClNO2. The second-order valence-electron chi connectivity index (χ2n) is 4.15. The monoisotopic (exact) mass is 257 g/mol. The van der Waals surface area contributed by atoms with Crippen molar-refractivity contribution in [2.45, 2.75) is 32.8 Å². The Balaban J connectivity index is 2.97. The Hall–Kier alpha value is -0.930. The molecule has 0 bridgehead atoms. The summed E-state index contributed by atoms with van der Waals surface area (Å²) in [5.74, 6) is 1.40. The van der Waals surface area contributed by atoms with Gasteiger partial charge in [-0.25, -0.2) is 0 Å². The number of benzene rings is 1. The predicted octanol–water partition coefficient (Wildman–Crippen LogP) is 3.03. The van der Waals surface area contributed by atoms with E-state index in [-0.39, 0.29) is 6.10 Å². The minimum absolute atomic E-state index is 0.0925. The summed E-state index contributed by atoms with van der Waals surface area (Å²) in [6.07, 6.45) is 1.86. The van der Waals surface area contributed by atoms with Crippen LogP contribution < -0.4 is 15.2 Å². The third kappa shape index (κ3) is 4.10. The predicted molar refractivity (Wildman–Crippen MR) is 71.1 cm³/mol. The second-order valence-corrected chi connectivity index (χ2v) is 4.56. The summed E-state index contributed by atoms with van der Waals surface area (Å²) in [6.45, 7) is 4.59. The largest absolute Gasteiger partial charge is 0.493 e. The van der Waals surface area contributed by atoms with E-state index in [0.717, 1.165) is 24.2 Å². The Morgan fingerprint density at radius 2 is 2.00 bits per heavy atom. The lowest BCUT2D eigenvalue weighted by Crippen LogP contribution is -2.07. The SMILES string of the molecule is COc1cc(CCCN)c(Cl)cc1OC(C)C. The third-order valence-corrected chi connectivity index (χ3v) is 2.70. The van der Waals surface area contributed by atoms with E-state index >= 15 is 0 Å². The van der Waals surface area contributed by atoms with Crippen LogP contribution in [0.25, 0.3) is 0 Å². The first-order valence-electron chi connectivity index (χ1n) is 5.81. The van der Waals surface area contributed by atoms with Crippen molar-refractivity contribution in [3.05, 3.63) is 22.7 Å². The zero-order valence-electron chi connectivity index (χ0n) is 10.6. The van der Waals surface area contributed by atoms with E-state index in [2.05, 4.69) is 0 Å². The zero-order valence-corrected chi connectivity index (χ0v) is 11.4. The van der Waals surface area contributed by atoms with Gasteiger partial charge in [-0.1, -0.05) is 11.6 Å². The minimum atomic E-state index is 0.0925. The molecule has 3 nitrogen and oxygen atoms in total. The van der Waals surface area contributed by atoms with Gasteiger partial charge in [-0.15, -0.1) is 0 Å². The van der Waals surface area contributed by atoms with E-state index in [1.807, 2.05) is 26.0 Å². The molecule has 2 N–H and O–H groups in total. The lowest BCUT2D eigenvalue weighted by atomic mass is 10.1. The van der Waals surface area contributed by atoms with E-state index in [1.54, 1.807) is 7.11 Å². The molecule has 1 aromatic rings. The van der Waals surface area contributed by atoms with Gasteiger partial charge < -0.3 is 15.2 Å². The van der Waals surface area contributed by atoms with Crippen LogP contribution in [0.1, 0.15) is 25.8 Å². The molecule has 0 heterocycles. The summed E-state index contributed by atoms with van der Waals surface area (Å²) in [4.78, 5) is 0. The molecule has 0 aliphatic carbocycles. The average Bonchev–Trinajstić information content (AvgIpc) is 2.27. The van der Waals surface area contributed by atoms with E-state index < -0.39 is 0 Å². The van der Waals surface area contributed by atoms with Crippen molar-refractivity contribution in [3.8, 4) is 11.5 Å². The van der Waals surface area contributed by atoms with Crippen molar-refractivity contribution in [2.24, 2.45) is 5.73 Å². The highest BCUT2D eigenvalue weighted by Crippen LogP contribution is 2.34. The van der Waals surface area contributed by atoms with Crippen LogP contribution in [0, 0.1) is 0 Å². The molecule has 0 atom stereocenters. The number of halogens is 1.